The molecule has 0 amide bonds. The second kappa shape index (κ2) is 4.36. The third kappa shape index (κ3) is 2.71. The van der Waals surface area contributed by atoms with Crippen molar-refractivity contribution in [2.45, 2.75) is 57.5 Å². The molecular formula is C14H21NOS. The van der Waals surface area contributed by atoms with E-state index in [1.807, 2.05) is 6.92 Å². The summed E-state index contributed by atoms with van der Waals surface area (Å²) >= 11 is 1.70. The summed E-state index contributed by atoms with van der Waals surface area (Å²) in [5, 5.41) is 13.9. The molecule has 0 radical (unpaired) electrons. The lowest BCUT2D eigenvalue weighted by Crippen LogP contribution is -2.38. The number of hydrogen-bond donors (Lipinski definition) is 1. The molecule has 1 N–H and O–H groups in total. The van der Waals surface area contributed by atoms with Crippen LogP contribution >= 0.6 is 11.3 Å². The van der Waals surface area contributed by atoms with Gasteiger partial charge < -0.3 is 5.11 Å². The van der Waals surface area contributed by atoms with E-state index in [2.05, 4.69) is 10.4 Å². The molecule has 2 aliphatic carbocycles. The molecule has 1 heterocycles. The zero-order valence-electron chi connectivity index (χ0n) is 10.5. The van der Waals surface area contributed by atoms with E-state index in [4.69, 9.17) is 0 Å². The van der Waals surface area contributed by atoms with Gasteiger partial charge >= 0.3 is 0 Å². The Bertz CT molecular complexity index is 399. The molecule has 1 aromatic rings. The largest absolute Gasteiger partial charge is 0.389 e. The second-order valence-corrected chi connectivity index (χ2v) is 6.92. The predicted molar refractivity (Wildman–Crippen MR) is 70.2 cm³/mol. The Morgan fingerprint density at radius 2 is 2.24 bits per heavy atom. The van der Waals surface area contributed by atoms with Gasteiger partial charge in [-0.25, -0.2) is 4.98 Å². The van der Waals surface area contributed by atoms with Gasteiger partial charge in [-0.05, 0) is 50.9 Å². The van der Waals surface area contributed by atoms with Gasteiger partial charge in [0.25, 0.3) is 0 Å². The summed E-state index contributed by atoms with van der Waals surface area (Å²) in [6.45, 7) is 2.03. The van der Waals surface area contributed by atoms with Gasteiger partial charge in [0.1, 0.15) is 0 Å². The van der Waals surface area contributed by atoms with E-state index in [-0.39, 0.29) is 0 Å². The Morgan fingerprint density at radius 1 is 1.41 bits per heavy atom. The van der Waals surface area contributed by atoms with E-state index in [1.165, 1.54) is 25.7 Å². The Labute approximate surface area is 107 Å². The van der Waals surface area contributed by atoms with Gasteiger partial charge in [0.2, 0.25) is 0 Å². The minimum Gasteiger partial charge on any atom is -0.389 e. The summed E-state index contributed by atoms with van der Waals surface area (Å²) in [6, 6.07) is 0. The number of aliphatic hydroxyl groups is 1. The van der Waals surface area contributed by atoms with Gasteiger partial charge in [0, 0.05) is 17.5 Å². The SMILES string of the molecule is Cc1csc(CC2(O)CCCC(C3CC3)C2)n1. The molecule has 2 nitrogen and oxygen atoms in total. The highest BCUT2D eigenvalue weighted by molar-refractivity contribution is 7.09. The van der Waals surface area contributed by atoms with Crippen LogP contribution in [0.1, 0.15) is 49.2 Å². The molecule has 94 valence electrons. The van der Waals surface area contributed by atoms with E-state index < -0.39 is 5.60 Å². The van der Waals surface area contributed by atoms with Gasteiger partial charge in [-0.2, -0.15) is 0 Å². The van der Waals surface area contributed by atoms with Gasteiger partial charge in [-0.1, -0.05) is 6.42 Å². The molecule has 17 heavy (non-hydrogen) atoms. The lowest BCUT2D eigenvalue weighted by Gasteiger charge is -2.36. The molecule has 3 heteroatoms. The van der Waals surface area contributed by atoms with E-state index in [9.17, 15) is 5.11 Å². The maximum Gasteiger partial charge on any atom is 0.0956 e. The minimum atomic E-state index is -0.462. The number of nitrogens with zero attached hydrogens (tertiary/aromatic N) is 1. The van der Waals surface area contributed by atoms with Crippen LogP contribution in [0.2, 0.25) is 0 Å². The van der Waals surface area contributed by atoms with Crippen LogP contribution in [-0.2, 0) is 6.42 Å². The monoisotopic (exact) mass is 251 g/mol. The van der Waals surface area contributed by atoms with Crippen LogP contribution in [0.3, 0.4) is 0 Å². The van der Waals surface area contributed by atoms with Gasteiger partial charge in [0.15, 0.2) is 0 Å². The van der Waals surface area contributed by atoms with Crippen LogP contribution < -0.4 is 0 Å². The summed E-state index contributed by atoms with van der Waals surface area (Å²) in [5.41, 5.74) is 0.624. The molecular weight excluding hydrogens is 230 g/mol. The fourth-order valence-corrected chi connectivity index (χ4v) is 4.19. The van der Waals surface area contributed by atoms with Crippen molar-refractivity contribution in [3.8, 4) is 0 Å². The molecule has 0 aromatic carbocycles. The average Bonchev–Trinajstić information content (AvgIpc) is 3.04. The fraction of sp³-hybridized carbons (Fsp3) is 0.786. The summed E-state index contributed by atoms with van der Waals surface area (Å²) in [6.07, 6.45) is 8.08. The van der Waals surface area contributed by atoms with Crippen molar-refractivity contribution in [2.75, 3.05) is 0 Å². The lowest BCUT2D eigenvalue weighted by molar-refractivity contribution is -0.0196. The van der Waals surface area contributed by atoms with Crippen molar-refractivity contribution in [1.82, 2.24) is 4.98 Å². The molecule has 0 bridgehead atoms. The van der Waals surface area contributed by atoms with Crippen LogP contribution in [0, 0.1) is 18.8 Å². The Morgan fingerprint density at radius 3 is 2.88 bits per heavy atom. The highest BCUT2D eigenvalue weighted by atomic mass is 32.1. The quantitative estimate of drug-likeness (QED) is 0.894. The zero-order valence-corrected chi connectivity index (χ0v) is 11.3. The van der Waals surface area contributed by atoms with E-state index in [1.54, 1.807) is 11.3 Å². The molecule has 0 saturated heterocycles. The average molecular weight is 251 g/mol. The number of thiazole rings is 1. The Balaban J connectivity index is 1.67. The molecule has 2 fully saturated rings. The molecule has 2 unspecified atom stereocenters. The van der Waals surface area contributed by atoms with Crippen LogP contribution in [0.5, 0.6) is 0 Å². The maximum absolute atomic E-state index is 10.7. The van der Waals surface area contributed by atoms with Crippen LogP contribution in [0.25, 0.3) is 0 Å². The van der Waals surface area contributed by atoms with Crippen molar-refractivity contribution < 1.29 is 5.11 Å². The van der Waals surface area contributed by atoms with Crippen molar-refractivity contribution in [3.63, 3.8) is 0 Å². The summed E-state index contributed by atoms with van der Waals surface area (Å²) in [5.74, 6) is 1.72. The zero-order chi connectivity index (χ0) is 11.9. The van der Waals surface area contributed by atoms with Crippen LogP contribution in [-0.4, -0.2) is 15.7 Å². The van der Waals surface area contributed by atoms with E-state index in [0.717, 1.165) is 41.8 Å². The normalized spacial score (nSPS) is 33.9. The first-order valence-corrected chi connectivity index (χ1v) is 7.66. The standard InChI is InChI=1S/C14H21NOS/c1-10-9-17-13(15-10)8-14(16)6-2-3-12(7-14)11-4-5-11/h9,11-12,16H,2-8H2,1H3. The maximum atomic E-state index is 10.7. The van der Waals surface area contributed by atoms with Crippen molar-refractivity contribution in [1.29, 1.82) is 0 Å². The van der Waals surface area contributed by atoms with Crippen molar-refractivity contribution >= 4 is 11.3 Å². The molecule has 2 aliphatic rings. The Kier molecular flexibility index (Phi) is 2.99. The number of rotatable bonds is 3. The van der Waals surface area contributed by atoms with E-state index in [0.29, 0.717) is 0 Å². The van der Waals surface area contributed by atoms with Crippen LogP contribution in [0.15, 0.2) is 5.38 Å². The molecule has 1 aromatic heterocycles. The first kappa shape index (κ1) is 11.7. The van der Waals surface area contributed by atoms with Gasteiger partial charge in [-0.15, -0.1) is 11.3 Å². The Hall–Kier alpha value is -0.410. The van der Waals surface area contributed by atoms with Gasteiger partial charge in [0.05, 0.1) is 10.6 Å². The topological polar surface area (TPSA) is 33.1 Å². The first-order chi connectivity index (χ1) is 8.15. The predicted octanol–water partition coefficient (Wildman–Crippen LogP) is 3.33. The minimum absolute atomic E-state index is 0.462. The van der Waals surface area contributed by atoms with Gasteiger partial charge in [-0.3, -0.25) is 0 Å². The van der Waals surface area contributed by atoms with Crippen molar-refractivity contribution in [2.24, 2.45) is 11.8 Å². The number of hydrogen-bond acceptors (Lipinski definition) is 3. The van der Waals surface area contributed by atoms with Crippen LogP contribution in [0.4, 0.5) is 0 Å². The van der Waals surface area contributed by atoms with E-state index >= 15 is 0 Å². The number of aromatic nitrogens is 1. The molecule has 2 atom stereocenters. The third-order valence-corrected chi connectivity index (χ3v) is 5.26. The summed E-state index contributed by atoms with van der Waals surface area (Å²) in [4.78, 5) is 4.49. The smallest absolute Gasteiger partial charge is 0.0956 e. The molecule has 0 aliphatic heterocycles. The highest BCUT2D eigenvalue weighted by Crippen LogP contribution is 2.47. The summed E-state index contributed by atoms with van der Waals surface area (Å²) < 4.78 is 0. The first-order valence-electron chi connectivity index (χ1n) is 6.78. The molecule has 0 spiro atoms. The van der Waals surface area contributed by atoms with Crippen molar-refractivity contribution in [3.05, 3.63) is 16.1 Å². The molecule has 2 saturated carbocycles. The molecule has 3 rings (SSSR count). The lowest BCUT2D eigenvalue weighted by atomic mass is 9.74. The third-order valence-electron chi connectivity index (χ3n) is 4.29. The highest BCUT2D eigenvalue weighted by Gasteiger charge is 2.41. The fourth-order valence-electron chi connectivity index (χ4n) is 3.28. The summed E-state index contributed by atoms with van der Waals surface area (Å²) in [7, 11) is 0. The number of aryl methyl sites for hydroxylation is 1. The second-order valence-electron chi connectivity index (χ2n) is 5.98.